The number of morpholine rings is 1. The van der Waals surface area contributed by atoms with E-state index in [0.29, 0.717) is 18.1 Å². The van der Waals surface area contributed by atoms with Crippen LogP contribution < -0.4 is 10.6 Å². The first kappa shape index (κ1) is 19.7. The molecular formula is C21H34N4O3. The van der Waals surface area contributed by atoms with Gasteiger partial charge in [0.2, 0.25) is 0 Å². The Hall–Kier alpha value is -1.57. The summed E-state index contributed by atoms with van der Waals surface area (Å²) in [5.74, 6) is 2.49. The van der Waals surface area contributed by atoms with Crippen LogP contribution in [0.15, 0.2) is 27.8 Å². The Morgan fingerprint density at radius 2 is 2.14 bits per heavy atom. The van der Waals surface area contributed by atoms with Gasteiger partial charge in [0.05, 0.1) is 32.1 Å². The predicted molar refractivity (Wildman–Crippen MR) is 109 cm³/mol. The van der Waals surface area contributed by atoms with E-state index in [1.165, 1.54) is 0 Å². The molecule has 4 rings (SSSR count). The Morgan fingerprint density at radius 1 is 1.29 bits per heavy atom. The first-order valence-corrected chi connectivity index (χ1v) is 10.6. The predicted octanol–water partition coefficient (Wildman–Crippen LogP) is 1.50. The zero-order valence-electron chi connectivity index (χ0n) is 17.2. The number of nitrogens with one attached hydrogen (secondary N) is 2. The van der Waals surface area contributed by atoms with Crippen LogP contribution in [0.2, 0.25) is 0 Å². The molecule has 7 heteroatoms. The molecule has 1 aromatic heterocycles. The number of nitrogens with zero attached hydrogens (tertiary/aromatic N) is 2. The Balaban J connectivity index is 1.33. The normalized spacial score (nSPS) is 29.9. The highest BCUT2D eigenvalue weighted by Gasteiger charge is 2.59. The SMILES string of the molecule is CC1(C)C(NC(=NCCN2CCOCC2)NCCc2ccco2)C2CCOC21. The monoisotopic (exact) mass is 390 g/mol. The molecule has 3 aliphatic rings. The molecule has 0 spiro atoms. The van der Waals surface area contributed by atoms with Gasteiger partial charge in [0.15, 0.2) is 5.96 Å². The van der Waals surface area contributed by atoms with Crippen molar-refractivity contribution in [3.63, 3.8) is 0 Å². The van der Waals surface area contributed by atoms with E-state index in [2.05, 4.69) is 29.4 Å². The molecule has 28 heavy (non-hydrogen) atoms. The molecular weight excluding hydrogens is 356 g/mol. The molecule has 3 unspecified atom stereocenters. The Morgan fingerprint density at radius 3 is 2.93 bits per heavy atom. The summed E-state index contributed by atoms with van der Waals surface area (Å²) in [6.45, 7) is 11.7. The fourth-order valence-corrected chi connectivity index (χ4v) is 4.80. The van der Waals surface area contributed by atoms with Gasteiger partial charge in [-0.05, 0) is 18.6 Å². The van der Waals surface area contributed by atoms with Crippen LogP contribution in [-0.4, -0.2) is 75.5 Å². The summed E-state index contributed by atoms with van der Waals surface area (Å²) in [5.41, 5.74) is 0.134. The van der Waals surface area contributed by atoms with Gasteiger partial charge in [-0.3, -0.25) is 9.89 Å². The summed E-state index contributed by atoms with van der Waals surface area (Å²) in [5, 5.41) is 7.23. The summed E-state index contributed by atoms with van der Waals surface area (Å²) in [6.07, 6.45) is 4.09. The molecule has 7 nitrogen and oxygen atoms in total. The number of hydrogen-bond donors (Lipinski definition) is 2. The van der Waals surface area contributed by atoms with Crippen LogP contribution in [0.4, 0.5) is 0 Å². The first-order chi connectivity index (χ1) is 13.6. The van der Waals surface area contributed by atoms with Crippen molar-refractivity contribution >= 4 is 5.96 Å². The highest BCUT2D eigenvalue weighted by Crippen LogP contribution is 2.52. The molecule has 2 saturated heterocycles. The second kappa shape index (κ2) is 8.84. The number of fused-ring (bicyclic) bond motifs is 1. The van der Waals surface area contributed by atoms with Gasteiger partial charge in [0.25, 0.3) is 0 Å². The van der Waals surface area contributed by atoms with Crippen molar-refractivity contribution in [2.75, 3.05) is 52.5 Å². The fourth-order valence-electron chi connectivity index (χ4n) is 4.80. The van der Waals surface area contributed by atoms with Crippen molar-refractivity contribution in [2.45, 2.75) is 38.8 Å². The summed E-state index contributed by atoms with van der Waals surface area (Å²) < 4.78 is 16.8. The zero-order valence-corrected chi connectivity index (χ0v) is 17.2. The molecule has 0 radical (unpaired) electrons. The molecule has 3 atom stereocenters. The van der Waals surface area contributed by atoms with Crippen LogP contribution in [0, 0.1) is 11.3 Å². The van der Waals surface area contributed by atoms with Crippen LogP contribution in [0.3, 0.4) is 0 Å². The summed E-state index contributed by atoms with van der Waals surface area (Å²) in [7, 11) is 0. The van der Waals surface area contributed by atoms with Crippen molar-refractivity contribution < 1.29 is 13.9 Å². The lowest BCUT2D eigenvalue weighted by Crippen LogP contribution is -2.68. The van der Waals surface area contributed by atoms with Gasteiger partial charge < -0.3 is 24.5 Å². The zero-order chi connectivity index (χ0) is 19.4. The molecule has 1 aliphatic carbocycles. The van der Waals surface area contributed by atoms with E-state index >= 15 is 0 Å². The molecule has 3 heterocycles. The van der Waals surface area contributed by atoms with Gasteiger partial charge in [-0.1, -0.05) is 13.8 Å². The molecule has 0 bridgehead atoms. The maximum atomic E-state index is 5.94. The summed E-state index contributed by atoms with van der Waals surface area (Å²) in [4.78, 5) is 7.30. The topological polar surface area (TPSA) is 71.3 Å². The molecule has 156 valence electrons. The summed E-state index contributed by atoms with van der Waals surface area (Å²) >= 11 is 0. The lowest BCUT2D eigenvalue weighted by molar-refractivity contribution is -0.106. The van der Waals surface area contributed by atoms with Crippen LogP contribution in [0.5, 0.6) is 0 Å². The third-order valence-electron chi connectivity index (χ3n) is 6.43. The molecule has 0 amide bonds. The molecule has 3 fully saturated rings. The third-order valence-corrected chi connectivity index (χ3v) is 6.43. The minimum absolute atomic E-state index is 0.134. The van der Waals surface area contributed by atoms with Crippen molar-refractivity contribution in [2.24, 2.45) is 16.3 Å². The first-order valence-electron chi connectivity index (χ1n) is 10.6. The van der Waals surface area contributed by atoms with Gasteiger partial charge in [0.1, 0.15) is 5.76 Å². The quantitative estimate of drug-likeness (QED) is 0.543. The largest absolute Gasteiger partial charge is 0.469 e. The minimum Gasteiger partial charge on any atom is -0.469 e. The molecule has 2 aliphatic heterocycles. The second-order valence-corrected chi connectivity index (χ2v) is 8.63. The van der Waals surface area contributed by atoms with Gasteiger partial charge in [0, 0.05) is 56.6 Å². The highest BCUT2D eigenvalue weighted by atomic mass is 16.5. The van der Waals surface area contributed by atoms with Gasteiger partial charge in [-0.2, -0.15) is 0 Å². The Kier molecular flexibility index (Phi) is 6.23. The van der Waals surface area contributed by atoms with Gasteiger partial charge in [-0.15, -0.1) is 0 Å². The number of aliphatic imine (C=N–C) groups is 1. The van der Waals surface area contributed by atoms with E-state index in [0.717, 1.165) is 77.1 Å². The average molecular weight is 391 g/mol. The Bertz CT molecular complexity index is 640. The second-order valence-electron chi connectivity index (χ2n) is 8.63. The Labute approximate surface area is 167 Å². The van der Waals surface area contributed by atoms with E-state index in [-0.39, 0.29) is 5.41 Å². The number of rotatable bonds is 7. The molecule has 1 saturated carbocycles. The van der Waals surface area contributed by atoms with Crippen molar-refractivity contribution in [1.29, 1.82) is 0 Å². The smallest absolute Gasteiger partial charge is 0.191 e. The van der Waals surface area contributed by atoms with Crippen LogP contribution in [0.25, 0.3) is 0 Å². The molecule has 1 aromatic rings. The third kappa shape index (κ3) is 4.36. The van der Waals surface area contributed by atoms with Crippen LogP contribution in [-0.2, 0) is 15.9 Å². The van der Waals surface area contributed by atoms with E-state index in [1.807, 2.05) is 12.1 Å². The lowest BCUT2D eigenvalue weighted by Gasteiger charge is -2.55. The molecule has 0 aromatic carbocycles. The van der Waals surface area contributed by atoms with Crippen LogP contribution >= 0.6 is 0 Å². The average Bonchev–Trinajstić information content (AvgIpc) is 3.37. The number of hydrogen-bond acceptors (Lipinski definition) is 5. The van der Waals surface area contributed by atoms with Crippen molar-refractivity contribution in [1.82, 2.24) is 15.5 Å². The number of furan rings is 1. The maximum absolute atomic E-state index is 5.94. The van der Waals surface area contributed by atoms with E-state index in [9.17, 15) is 0 Å². The van der Waals surface area contributed by atoms with E-state index in [4.69, 9.17) is 18.9 Å². The van der Waals surface area contributed by atoms with Gasteiger partial charge in [-0.25, -0.2) is 0 Å². The van der Waals surface area contributed by atoms with Gasteiger partial charge >= 0.3 is 0 Å². The lowest BCUT2D eigenvalue weighted by atomic mass is 9.57. The standard InChI is InChI=1S/C21H34N4O3/c1-21(2)18(17-6-13-28-19(17)21)24-20(22-7-5-16-4-3-12-27-16)23-8-9-25-10-14-26-15-11-25/h3-4,12,17-19H,5-11,13-15H2,1-2H3,(H2,22,23,24). The van der Waals surface area contributed by atoms with E-state index < -0.39 is 0 Å². The fraction of sp³-hybridized carbons (Fsp3) is 0.762. The van der Waals surface area contributed by atoms with Crippen LogP contribution in [0.1, 0.15) is 26.0 Å². The van der Waals surface area contributed by atoms with E-state index in [1.54, 1.807) is 6.26 Å². The maximum Gasteiger partial charge on any atom is 0.191 e. The minimum atomic E-state index is 0.134. The number of ether oxygens (including phenoxy) is 2. The summed E-state index contributed by atoms with van der Waals surface area (Å²) in [6, 6.07) is 4.35. The molecule has 2 N–H and O–H groups in total. The van der Waals surface area contributed by atoms with Crippen molar-refractivity contribution in [3.8, 4) is 0 Å². The highest BCUT2D eigenvalue weighted by molar-refractivity contribution is 5.80. The van der Waals surface area contributed by atoms with Crippen molar-refractivity contribution in [3.05, 3.63) is 24.2 Å². The number of guanidine groups is 1.